The van der Waals surface area contributed by atoms with Crippen LogP contribution < -0.4 is 0 Å². The highest BCUT2D eigenvalue weighted by molar-refractivity contribution is 6.22. The average molecular weight is 244 g/mol. The molecule has 93 valence electrons. The second-order valence-corrected chi connectivity index (χ2v) is 4.79. The second kappa shape index (κ2) is 4.72. The Morgan fingerprint density at radius 2 is 1.61 bits per heavy atom. The molecule has 0 aromatic heterocycles. The van der Waals surface area contributed by atoms with E-state index in [9.17, 15) is 14.4 Å². The SMILES string of the molecule is CC(C)C[C@@H]([C]=O)N1C(=O)c2ccccc2C1=O. The van der Waals surface area contributed by atoms with Gasteiger partial charge in [0.15, 0.2) is 0 Å². The van der Waals surface area contributed by atoms with Crippen molar-refractivity contribution in [3.8, 4) is 0 Å². The third-order valence-electron chi connectivity index (χ3n) is 2.97. The van der Waals surface area contributed by atoms with Gasteiger partial charge in [0.05, 0.1) is 11.1 Å². The molecule has 1 aliphatic heterocycles. The van der Waals surface area contributed by atoms with Crippen molar-refractivity contribution in [2.24, 2.45) is 5.92 Å². The number of benzene rings is 1. The standard InChI is InChI=1S/C14H14NO3/c1-9(2)7-10(8-16)15-13(17)11-5-3-4-6-12(11)14(15)18/h3-6,9-10H,7H2,1-2H3/t10-/m0/s1. The Morgan fingerprint density at radius 1 is 1.11 bits per heavy atom. The summed E-state index contributed by atoms with van der Waals surface area (Å²) in [5.41, 5.74) is 0.734. The number of fused-ring (bicyclic) bond motifs is 1. The molecule has 1 aliphatic rings. The molecule has 1 heterocycles. The molecule has 2 amide bonds. The van der Waals surface area contributed by atoms with Crippen LogP contribution >= 0.6 is 0 Å². The zero-order chi connectivity index (χ0) is 13.3. The van der Waals surface area contributed by atoms with Crippen LogP contribution in [0.5, 0.6) is 0 Å². The maximum Gasteiger partial charge on any atom is 0.262 e. The van der Waals surface area contributed by atoms with Crippen molar-refractivity contribution in [3.05, 3.63) is 35.4 Å². The lowest BCUT2D eigenvalue weighted by Gasteiger charge is -2.21. The van der Waals surface area contributed by atoms with Gasteiger partial charge in [0.1, 0.15) is 6.04 Å². The minimum absolute atomic E-state index is 0.209. The zero-order valence-electron chi connectivity index (χ0n) is 10.3. The predicted octanol–water partition coefficient (Wildman–Crippen LogP) is 1.81. The first kappa shape index (κ1) is 12.5. The summed E-state index contributed by atoms with van der Waals surface area (Å²) in [5, 5.41) is 0. The van der Waals surface area contributed by atoms with Crippen molar-refractivity contribution < 1.29 is 14.4 Å². The molecule has 1 atom stereocenters. The van der Waals surface area contributed by atoms with Crippen LogP contribution in [0.25, 0.3) is 0 Å². The molecule has 4 nitrogen and oxygen atoms in total. The highest BCUT2D eigenvalue weighted by atomic mass is 16.2. The molecule has 0 bridgehead atoms. The maximum atomic E-state index is 12.1. The summed E-state index contributed by atoms with van der Waals surface area (Å²) in [4.78, 5) is 36.3. The number of rotatable bonds is 4. The van der Waals surface area contributed by atoms with Crippen LogP contribution in [0, 0.1) is 5.92 Å². The van der Waals surface area contributed by atoms with Gasteiger partial charge in [-0.15, -0.1) is 0 Å². The predicted molar refractivity (Wildman–Crippen MR) is 65.9 cm³/mol. The minimum atomic E-state index is -0.794. The smallest absolute Gasteiger partial charge is 0.262 e. The van der Waals surface area contributed by atoms with Gasteiger partial charge < -0.3 is 0 Å². The Balaban J connectivity index is 2.35. The summed E-state index contributed by atoms with van der Waals surface area (Å²) in [6, 6.07) is 5.82. The summed E-state index contributed by atoms with van der Waals surface area (Å²) < 4.78 is 0. The summed E-state index contributed by atoms with van der Waals surface area (Å²) in [5.74, 6) is -0.588. The minimum Gasteiger partial charge on any atom is -0.288 e. The molecule has 0 fully saturated rings. The second-order valence-electron chi connectivity index (χ2n) is 4.79. The molecule has 0 saturated heterocycles. The molecule has 0 aliphatic carbocycles. The summed E-state index contributed by atoms with van der Waals surface area (Å²) in [6.07, 6.45) is 2.24. The van der Waals surface area contributed by atoms with Gasteiger partial charge in [-0.2, -0.15) is 0 Å². The molecule has 0 spiro atoms. The van der Waals surface area contributed by atoms with Crippen molar-refractivity contribution in [1.82, 2.24) is 4.90 Å². The van der Waals surface area contributed by atoms with E-state index >= 15 is 0 Å². The molecular weight excluding hydrogens is 230 g/mol. The number of nitrogens with zero attached hydrogens (tertiary/aromatic N) is 1. The van der Waals surface area contributed by atoms with E-state index in [-0.39, 0.29) is 5.92 Å². The maximum absolute atomic E-state index is 12.1. The van der Waals surface area contributed by atoms with Crippen molar-refractivity contribution in [3.63, 3.8) is 0 Å². The third-order valence-corrected chi connectivity index (χ3v) is 2.97. The molecule has 0 unspecified atom stereocenters. The van der Waals surface area contributed by atoms with Gasteiger partial charge in [0.2, 0.25) is 6.29 Å². The monoisotopic (exact) mass is 244 g/mol. The number of hydrogen-bond donors (Lipinski definition) is 0. The number of carbonyl (C=O) groups excluding carboxylic acids is 3. The lowest BCUT2D eigenvalue weighted by Crippen LogP contribution is -2.41. The molecule has 0 saturated carbocycles. The molecule has 2 rings (SSSR count). The Labute approximate surface area is 106 Å². The van der Waals surface area contributed by atoms with Gasteiger partial charge >= 0.3 is 0 Å². The van der Waals surface area contributed by atoms with Gasteiger partial charge in [0.25, 0.3) is 11.8 Å². The normalized spacial score (nSPS) is 16.1. The summed E-state index contributed by atoms with van der Waals surface area (Å²) in [6.45, 7) is 3.87. The highest BCUT2D eigenvalue weighted by Gasteiger charge is 2.40. The van der Waals surface area contributed by atoms with Crippen LogP contribution in [0.4, 0.5) is 0 Å². The van der Waals surface area contributed by atoms with E-state index in [1.54, 1.807) is 30.6 Å². The Hall–Kier alpha value is -1.97. The third kappa shape index (κ3) is 1.94. The average Bonchev–Trinajstić information content (AvgIpc) is 2.60. The zero-order valence-corrected chi connectivity index (χ0v) is 10.3. The topological polar surface area (TPSA) is 54.5 Å². The first-order valence-electron chi connectivity index (χ1n) is 5.91. The van der Waals surface area contributed by atoms with E-state index < -0.39 is 17.9 Å². The van der Waals surface area contributed by atoms with Crippen LogP contribution in [0.1, 0.15) is 41.0 Å². The van der Waals surface area contributed by atoms with Crippen molar-refractivity contribution >= 4 is 18.1 Å². The van der Waals surface area contributed by atoms with Gasteiger partial charge in [-0.05, 0) is 24.5 Å². The first-order valence-corrected chi connectivity index (χ1v) is 5.91. The summed E-state index contributed by atoms with van der Waals surface area (Å²) >= 11 is 0. The van der Waals surface area contributed by atoms with Crippen molar-refractivity contribution in [2.45, 2.75) is 26.3 Å². The Bertz CT molecular complexity index is 473. The van der Waals surface area contributed by atoms with E-state index in [0.29, 0.717) is 17.5 Å². The summed E-state index contributed by atoms with van der Waals surface area (Å²) in [7, 11) is 0. The van der Waals surface area contributed by atoms with Crippen LogP contribution in [0.15, 0.2) is 24.3 Å². The first-order chi connectivity index (χ1) is 8.56. The fraction of sp³-hybridized carbons (Fsp3) is 0.357. The van der Waals surface area contributed by atoms with E-state index in [4.69, 9.17) is 0 Å². The fourth-order valence-electron chi connectivity index (χ4n) is 2.14. The molecular formula is C14H14NO3. The van der Waals surface area contributed by atoms with Crippen LogP contribution in [0.2, 0.25) is 0 Å². The van der Waals surface area contributed by atoms with Gasteiger partial charge in [-0.1, -0.05) is 26.0 Å². The number of imide groups is 1. The molecule has 1 aromatic rings. The largest absolute Gasteiger partial charge is 0.288 e. The Kier molecular flexibility index (Phi) is 3.28. The van der Waals surface area contributed by atoms with Crippen LogP contribution in [-0.2, 0) is 4.79 Å². The number of carbonyl (C=O) groups is 2. The van der Waals surface area contributed by atoms with Gasteiger partial charge in [-0.25, -0.2) is 0 Å². The fourth-order valence-corrected chi connectivity index (χ4v) is 2.14. The number of hydrogen-bond acceptors (Lipinski definition) is 3. The van der Waals surface area contributed by atoms with E-state index in [2.05, 4.69) is 0 Å². The quantitative estimate of drug-likeness (QED) is 0.759. The molecule has 1 aromatic carbocycles. The lowest BCUT2D eigenvalue weighted by molar-refractivity contribution is 0.0611. The van der Waals surface area contributed by atoms with Crippen LogP contribution in [-0.4, -0.2) is 29.0 Å². The number of amides is 2. The highest BCUT2D eigenvalue weighted by Crippen LogP contribution is 2.25. The van der Waals surface area contributed by atoms with E-state index in [0.717, 1.165) is 4.90 Å². The molecule has 4 heteroatoms. The van der Waals surface area contributed by atoms with Gasteiger partial charge in [-0.3, -0.25) is 19.3 Å². The van der Waals surface area contributed by atoms with E-state index in [1.165, 1.54) is 0 Å². The molecule has 0 N–H and O–H groups in total. The molecule has 18 heavy (non-hydrogen) atoms. The van der Waals surface area contributed by atoms with Crippen molar-refractivity contribution in [2.75, 3.05) is 0 Å². The molecule has 1 radical (unpaired) electrons. The lowest BCUT2D eigenvalue weighted by atomic mass is 10.0. The van der Waals surface area contributed by atoms with Crippen molar-refractivity contribution in [1.29, 1.82) is 0 Å². The van der Waals surface area contributed by atoms with E-state index in [1.807, 2.05) is 13.8 Å². The van der Waals surface area contributed by atoms with Crippen LogP contribution in [0.3, 0.4) is 0 Å². The Morgan fingerprint density at radius 3 is 2.00 bits per heavy atom. The van der Waals surface area contributed by atoms with Gasteiger partial charge in [0, 0.05) is 0 Å².